The SMILES string of the molecule is CCCCCC/C=C\C=C/CCCCCCCC(=O)OC[C@H](COP(=O)(O)OC[C@@H](O)COP(=O)(O)OC[C@@H](COC(=O)CCCCCCCCCC(C)C)OC(=O)CCCCCCCCCCCCC)OC(=O)CCCCCCCCCCCCCCCCCCC. The highest BCUT2D eigenvalue weighted by atomic mass is 31.2. The van der Waals surface area contributed by atoms with E-state index >= 15 is 0 Å². The predicted molar refractivity (Wildman–Crippen MR) is 377 cm³/mol. The zero-order valence-corrected chi connectivity index (χ0v) is 61.7. The number of unbranched alkanes of at least 4 members (excludes halogenated alkanes) is 41. The molecule has 0 fully saturated rings. The van der Waals surface area contributed by atoms with Crippen LogP contribution in [0, 0.1) is 5.92 Å². The van der Waals surface area contributed by atoms with Gasteiger partial charge in [-0.25, -0.2) is 9.13 Å². The van der Waals surface area contributed by atoms with Crippen LogP contribution in [0.25, 0.3) is 0 Å². The lowest BCUT2D eigenvalue weighted by Gasteiger charge is -2.21. The van der Waals surface area contributed by atoms with Crippen molar-refractivity contribution in [3.05, 3.63) is 24.3 Å². The maximum absolute atomic E-state index is 13.1. The van der Waals surface area contributed by atoms with E-state index in [0.29, 0.717) is 31.6 Å². The molecule has 0 rings (SSSR count). The molecule has 0 aliphatic heterocycles. The van der Waals surface area contributed by atoms with Crippen molar-refractivity contribution in [3.63, 3.8) is 0 Å². The van der Waals surface area contributed by atoms with Crippen LogP contribution in [-0.4, -0.2) is 96.7 Å². The van der Waals surface area contributed by atoms with Crippen molar-refractivity contribution in [1.29, 1.82) is 0 Å². The van der Waals surface area contributed by atoms with Crippen molar-refractivity contribution in [1.82, 2.24) is 0 Å². The average molecular weight is 1360 g/mol. The number of rotatable bonds is 72. The van der Waals surface area contributed by atoms with Gasteiger partial charge in [0, 0.05) is 25.7 Å². The Labute approximate surface area is 567 Å². The fraction of sp³-hybridized carbons (Fsp3) is 0.892. The monoisotopic (exact) mass is 1360 g/mol. The lowest BCUT2D eigenvalue weighted by molar-refractivity contribution is -0.161. The molecule has 0 heterocycles. The summed E-state index contributed by atoms with van der Waals surface area (Å²) in [6, 6.07) is 0. The first kappa shape index (κ1) is 90.5. The van der Waals surface area contributed by atoms with E-state index in [-0.39, 0.29) is 25.7 Å². The Morgan fingerprint density at radius 3 is 0.882 bits per heavy atom. The van der Waals surface area contributed by atoms with E-state index in [1.165, 1.54) is 161 Å². The van der Waals surface area contributed by atoms with Crippen LogP contribution in [0.1, 0.15) is 362 Å². The van der Waals surface area contributed by atoms with Crippen LogP contribution in [0.15, 0.2) is 24.3 Å². The molecule has 0 radical (unpaired) electrons. The maximum atomic E-state index is 13.1. The lowest BCUT2D eigenvalue weighted by atomic mass is 10.0. The standard InChI is InChI=1S/C74H140O17P2/c1-6-9-12-15-18-21-24-26-28-29-31-33-36-39-44-50-55-60-74(79)90-69(63-84-71(76)57-52-47-42-37-35-32-30-27-25-22-19-16-13-10-7-2)65-88-92(80,81)86-61-68(75)62-87-93(82,83)89-66-70(64-85-72(77)58-53-48-45-40-41-46-51-56-67(4)5)91-73(78)59-54-49-43-38-34-23-20-17-14-11-8-3/h22,25,27,30,67-70,75H,6-21,23-24,26,28-29,31-66H2,1-5H3,(H,80,81)(H,82,83)/b25-22-,30-27-/t68-,69-,70-/m1/s1. The minimum Gasteiger partial charge on any atom is -0.462 e. The highest BCUT2D eigenvalue weighted by molar-refractivity contribution is 7.47. The van der Waals surface area contributed by atoms with Gasteiger partial charge < -0.3 is 33.8 Å². The van der Waals surface area contributed by atoms with Crippen molar-refractivity contribution < 1.29 is 80.2 Å². The minimum atomic E-state index is -4.96. The number of esters is 4. The number of phosphoric acid groups is 2. The Balaban J connectivity index is 5.27. The summed E-state index contributed by atoms with van der Waals surface area (Å²) in [7, 11) is -9.92. The Morgan fingerprint density at radius 2 is 0.581 bits per heavy atom. The molecule has 0 saturated carbocycles. The Morgan fingerprint density at radius 1 is 0.333 bits per heavy atom. The second-order valence-corrected chi connectivity index (χ2v) is 29.4. The summed E-state index contributed by atoms with van der Waals surface area (Å²) in [4.78, 5) is 72.7. The first-order chi connectivity index (χ1) is 45.0. The molecule has 0 saturated heterocycles. The molecule has 0 aromatic heterocycles. The summed E-state index contributed by atoms with van der Waals surface area (Å²) >= 11 is 0. The molecule has 0 aromatic carbocycles. The first-order valence-corrected chi connectivity index (χ1v) is 40.9. The molecule has 0 spiro atoms. The Hall–Kier alpha value is -2.46. The molecule has 0 bridgehead atoms. The molecule has 0 aliphatic rings. The van der Waals surface area contributed by atoms with E-state index in [2.05, 4.69) is 58.9 Å². The molecule has 2 unspecified atom stereocenters. The summed E-state index contributed by atoms with van der Waals surface area (Å²) in [6.45, 7) is 7.15. The number of aliphatic hydroxyl groups excluding tert-OH is 1. The molecule has 548 valence electrons. The molecule has 93 heavy (non-hydrogen) atoms. The van der Waals surface area contributed by atoms with Gasteiger partial charge in [-0.2, -0.15) is 0 Å². The Bertz CT molecular complexity index is 1880. The molecule has 5 atom stereocenters. The van der Waals surface area contributed by atoms with E-state index in [0.717, 1.165) is 116 Å². The maximum Gasteiger partial charge on any atom is 0.472 e. The van der Waals surface area contributed by atoms with Crippen molar-refractivity contribution in [3.8, 4) is 0 Å². The quantitative estimate of drug-likeness (QED) is 0.0169. The van der Waals surface area contributed by atoms with Crippen LogP contribution in [0.2, 0.25) is 0 Å². The number of hydrogen-bond donors (Lipinski definition) is 3. The summed E-state index contributed by atoms with van der Waals surface area (Å²) in [5.41, 5.74) is 0. The summed E-state index contributed by atoms with van der Waals surface area (Å²) < 4.78 is 68.4. The largest absolute Gasteiger partial charge is 0.472 e. The number of aliphatic hydroxyl groups is 1. The highest BCUT2D eigenvalue weighted by Crippen LogP contribution is 2.45. The highest BCUT2D eigenvalue weighted by Gasteiger charge is 2.30. The first-order valence-electron chi connectivity index (χ1n) is 38.0. The third-order valence-corrected chi connectivity index (χ3v) is 18.6. The smallest absolute Gasteiger partial charge is 0.462 e. The molecule has 0 aliphatic carbocycles. The van der Waals surface area contributed by atoms with Crippen LogP contribution in [0.3, 0.4) is 0 Å². The van der Waals surface area contributed by atoms with Gasteiger partial charge in [0.05, 0.1) is 26.4 Å². The van der Waals surface area contributed by atoms with E-state index in [9.17, 15) is 43.2 Å². The number of carbonyl (C=O) groups excluding carboxylic acids is 4. The Kier molecular flexibility index (Phi) is 65.0. The van der Waals surface area contributed by atoms with Crippen LogP contribution in [0.5, 0.6) is 0 Å². The van der Waals surface area contributed by atoms with Crippen molar-refractivity contribution in [2.45, 2.75) is 380 Å². The minimum absolute atomic E-state index is 0.102. The second-order valence-electron chi connectivity index (χ2n) is 26.5. The third kappa shape index (κ3) is 67.9. The summed E-state index contributed by atoms with van der Waals surface area (Å²) in [5.74, 6) is -1.44. The van der Waals surface area contributed by atoms with Crippen LogP contribution in [0.4, 0.5) is 0 Å². The molecule has 17 nitrogen and oxygen atoms in total. The van der Waals surface area contributed by atoms with Gasteiger partial charge in [-0.15, -0.1) is 0 Å². The normalized spacial score (nSPS) is 14.2. The zero-order valence-electron chi connectivity index (χ0n) is 59.9. The van der Waals surface area contributed by atoms with Gasteiger partial charge in [-0.3, -0.25) is 37.3 Å². The topological polar surface area (TPSA) is 237 Å². The molecular weight excluding hydrogens is 1220 g/mol. The fourth-order valence-electron chi connectivity index (χ4n) is 10.8. The van der Waals surface area contributed by atoms with Gasteiger partial charge in [0.1, 0.15) is 19.3 Å². The third-order valence-electron chi connectivity index (χ3n) is 16.7. The lowest BCUT2D eigenvalue weighted by Crippen LogP contribution is -2.30. The molecule has 19 heteroatoms. The number of ether oxygens (including phenoxy) is 4. The molecule has 0 aromatic rings. The van der Waals surface area contributed by atoms with E-state index in [1.807, 2.05) is 0 Å². The second kappa shape index (κ2) is 66.8. The fourth-order valence-corrected chi connectivity index (χ4v) is 12.4. The number of phosphoric ester groups is 2. The van der Waals surface area contributed by atoms with Gasteiger partial charge in [0.2, 0.25) is 0 Å². The van der Waals surface area contributed by atoms with Crippen molar-refractivity contribution in [2.24, 2.45) is 5.92 Å². The van der Waals surface area contributed by atoms with Crippen LogP contribution >= 0.6 is 15.6 Å². The average Bonchev–Trinajstić information content (AvgIpc) is 1.70. The predicted octanol–water partition coefficient (Wildman–Crippen LogP) is 21.2. The van der Waals surface area contributed by atoms with E-state index in [1.54, 1.807) is 0 Å². The van der Waals surface area contributed by atoms with Crippen molar-refractivity contribution in [2.75, 3.05) is 39.6 Å². The summed E-state index contributed by atoms with van der Waals surface area (Å²) in [5, 5.41) is 10.6. The van der Waals surface area contributed by atoms with Gasteiger partial charge in [-0.1, -0.05) is 309 Å². The van der Waals surface area contributed by atoms with Gasteiger partial charge >= 0.3 is 39.5 Å². The van der Waals surface area contributed by atoms with Crippen LogP contribution in [-0.2, 0) is 65.4 Å². The van der Waals surface area contributed by atoms with E-state index in [4.69, 9.17) is 37.0 Å². The van der Waals surface area contributed by atoms with Gasteiger partial charge in [0.25, 0.3) is 0 Å². The number of carbonyl (C=O) groups is 4. The summed E-state index contributed by atoms with van der Waals surface area (Å²) in [6.07, 6.45) is 57.7. The van der Waals surface area contributed by atoms with Gasteiger partial charge in [0.15, 0.2) is 12.2 Å². The zero-order chi connectivity index (χ0) is 68.4. The van der Waals surface area contributed by atoms with Gasteiger partial charge in [-0.05, 0) is 57.3 Å². The number of allylic oxidation sites excluding steroid dienone is 4. The van der Waals surface area contributed by atoms with Crippen molar-refractivity contribution >= 4 is 39.5 Å². The van der Waals surface area contributed by atoms with E-state index < -0.39 is 97.5 Å². The number of hydrogen-bond acceptors (Lipinski definition) is 15. The molecular formula is C74H140O17P2. The molecule has 0 amide bonds. The van der Waals surface area contributed by atoms with Crippen LogP contribution < -0.4 is 0 Å². The molecule has 3 N–H and O–H groups in total.